The van der Waals surface area contributed by atoms with Gasteiger partial charge in [-0.3, -0.25) is 9.59 Å². The van der Waals surface area contributed by atoms with E-state index in [4.69, 9.17) is 18.9 Å². The molecule has 0 aliphatic carbocycles. The average molecular weight is 1370 g/mol. The maximum absolute atomic E-state index is 13.0. The number of carboxylic acids is 1. The molecule has 0 aromatic heterocycles. The van der Waals surface area contributed by atoms with Crippen LogP contribution in [0.4, 0.5) is 0 Å². The van der Waals surface area contributed by atoms with E-state index in [1.165, 1.54) is 116 Å². The summed E-state index contributed by atoms with van der Waals surface area (Å²) in [4.78, 5) is 37.6. The van der Waals surface area contributed by atoms with Gasteiger partial charge < -0.3 is 33.3 Å². The Balaban J connectivity index is 4.12. The van der Waals surface area contributed by atoms with Crippen LogP contribution in [0.1, 0.15) is 296 Å². The number of aliphatic carboxylic acids is 1. The first-order valence-electron chi connectivity index (χ1n) is 39.6. The highest BCUT2D eigenvalue weighted by Gasteiger charge is 2.22. The van der Waals surface area contributed by atoms with Gasteiger partial charge in [0, 0.05) is 12.8 Å². The summed E-state index contributed by atoms with van der Waals surface area (Å²) in [5.74, 6) is -2.31. The van der Waals surface area contributed by atoms with Crippen LogP contribution in [0.2, 0.25) is 0 Å². The maximum Gasteiger partial charge on any atom is 0.306 e. The average Bonchev–Trinajstić information content (AvgIpc) is 1.16. The van der Waals surface area contributed by atoms with E-state index in [0.29, 0.717) is 17.4 Å². The van der Waals surface area contributed by atoms with Gasteiger partial charge in [0.2, 0.25) is 0 Å². The molecule has 0 aliphatic rings. The molecule has 2 atom stereocenters. The third-order valence-corrected chi connectivity index (χ3v) is 16.3. The van der Waals surface area contributed by atoms with Gasteiger partial charge in [-0.05, 0) is 141 Å². The zero-order valence-corrected chi connectivity index (χ0v) is 63.8. The molecule has 0 rings (SSSR count). The first-order chi connectivity index (χ1) is 48.6. The molecule has 0 N–H and O–H groups in total. The van der Waals surface area contributed by atoms with Crippen molar-refractivity contribution in [2.45, 2.75) is 309 Å². The van der Waals surface area contributed by atoms with Gasteiger partial charge >= 0.3 is 11.9 Å². The molecule has 0 saturated heterocycles. The zero-order chi connectivity index (χ0) is 71.8. The number of hydrogen-bond donors (Lipinski definition) is 0. The van der Waals surface area contributed by atoms with E-state index in [0.717, 1.165) is 148 Å². The van der Waals surface area contributed by atoms with Crippen LogP contribution in [0.15, 0.2) is 194 Å². The number of esters is 2. The number of likely N-dealkylation sites (N-methyl/N-ethyl adjacent to an activating group) is 1. The number of carboxylic acid groups (broad SMARTS) is 1. The molecule has 0 radical (unpaired) electrons. The summed E-state index contributed by atoms with van der Waals surface area (Å²) in [6.07, 6.45) is 117. The minimum absolute atomic E-state index is 0.137. The summed E-state index contributed by atoms with van der Waals surface area (Å²) in [6, 6.07) is 0. The number of allylic oxidation sites excluding steroid dienone is 32. The fraction of sp³-hybridized carbons (Fsp3) is 0.611. The van der Waals surface area contributed by atoms with Gasteiger partial charge in [-0.2, -0.15) is 0 Å². The molecule has 0 heterocycles. The van der Waals surface area contributed by atoms with Crippen molar-refractivity contribution in [1.29, 1.82) is 0 Å². The van der Waals surface area contributed by atoms with E-state index in [1.807, 2.05) is 21.1 Å². The molecule has 9 nitrogen and oxygen atoms in total. The summed E-state index contributed by atoms with van der Waals surface area (Å²) in [5.41, 5.74) is 0. The number of hydrogen-bond acceptors (Lipinski definition) is 8. The Labute approximate surface area is 608 Å². The van der Waals surface area contributed by atoms with Crippen molar-refractivity contribution in [2.75, 3.05) is 47.5 Å². The molecule has 0 aromatic rings. The number of rotatable bonds is 71. The Morgan fingerprint density at radius 1 is 0.303 bits per heavy atom. The van der Waals surface area contributed by atoms with Crippen molar-refractivity contribution in [3.8, 4) is 0 Å². The van der Waals surface area contributed by atoms with Crippen molar-refractivity contribution in [3.63, 3.8) is 0 Å². The zero-order valence-electron chi connectivity index (χ0n) is 63.8. The van der Waals surface area contributed by atoms with Gasteiger partial charge in [-0.15, -0.1) is 0 Å². The van der Waals surface area contributed by atoms with E-state index < -0.39 is 24.3 Å². The predicted octanol–water partition coefficient (Wildman–Crippen LogP) is 24.4. The summed E-state index contributed by atoms with van der Waals surface area (Å²) in [5, 5.41) is 11.9. The minimum Gasteiger partial charge on any atom is -0.545 e. The number of ether oxygens (including phenoxy) is 4. The molecule has 0 bridgehead atoms. The van der Waals surface area contributed by atoms with Gasteiger partial charge in [0.25, 0.3) is 0 Å². The number of quaternary nitrogens is 1. The van der Waals surface area contributed by atoms with Crippen molar-refractivity contribution < 1.29 is 42.9 Å². The topological polar surface area (TPSA) is 111 Å². The number of carbonyl (C=O) groups excluding carboxylic acids is 3. The van der Waals surface area contributed by atoms with Crippen LogP contribution in [-0.2, 0) is 33.3 Å². The molecular formula is C90H145NO8. The molecule has 9 heteroatoms. The first-order valence-corrected chi connectivity index (χ1v) is 39.6. The highest BCUT2D eigenvalue weighted by molar-refractivity contribution is 5.70. The third kappa shape index (κ3) is 79.3. The Hall–Kier alpha value is -5.87. The lowest BCUT2D eigenvalue weighted by atomic mass is 10.0. The summed E-state index contributed by atoms with van der Waals surface area (Å²) >= 11 is 0. The largest absolute Gasteiger partial charge is 0.545 e. The lowest BCUT2D eigenvalue weighted by molar-refractivity contribution is -0.870. The fourth-order valence-corrected chi connectivity index (χ4v) is 10.4. The van der Waals surface area contributed by atoms with Crippen molar-refractivity contribution >= 4 is 17.9 Å². The highest BCUT2D eigenvalue weighted by atomic mass is 16.7. The van der Waals surface area contributed by atoms with Crippen LogP contribution in [0.5, 0.6) is 0 Å². The van der Waals surface area contributed by atoms with Crippen LogP contribution in [0.25, 0.3) is 0 Å². The van der Waals surface area contributed by atoms with E-state index in [-0.39, 0.29) is 38.6 Å². The van der Waals surface area contributed by atoms with Crippen LogP contribution in [0, 0.1) is 0 Å². The van der Waals surface area contributed by atoms with Gasteiger partial charge in [-0.1, -0.05) is 337 Å². The monoisotopic (exact) mass is 1370 g/mol. The molecule has 0 amide bonds. The minimum atomic E-state index is -1.64. The van der Waals surface area contributed by atoms with E-state index >= 15 is 0 Å². The molecule has 558 valence electrons. The molecule has 0 fully saturated rings. The summed E-state index contributed by atoms with van der Waals surface area (Å²) in [7, 11) is 5.92. The molecule has 0 saturated carbocycles. The van der Waals surface area contributed by atoms with Crippen LogP contribution in [-0.4, -0.2) is 82.3 Å². The standard InChI is InChI=1S/C90H145NO8/c1-6-8-10-12-14-16-18-20-22-24-26-28-30-32-34-36-38-40-42-43-44-45-47-48-50-52-54-56-58-60-62-64-66-68-70-72-74-76-78-80-87(92)97-84-86(85-98-90(89(94)95)96-83-82-91(3,4)5)99-88(93)81-79-77-75-73-71-69-67-65-63-61-59-57-55-53-51-49-46-41-39-37-35-33-31-29-27-25-23-21-19-17-15-13-11-9-7-2/h8-11,14-17,20-23,26-29,32-35,38-41,43-44,49,51,55,57,61,63,86,90H,6-7,12-13,18-19,24-25,30-31,36-37,42,45-48,50,52-54,56,58-60,62,64-85H2,1-5H3/b10-8-,11-9-,16-14-,17-15-,22-20-,23-21-,28-26-,29-27-,34-32-,35-33-,40-38-,41-39-,44-43-,51-49-,57-55-,63-61-. The Morgan fingerprint density at radius 3 is 0.808 bits per heavy atom. The SMILES string of the molecule is CC/C=C\C/C=C\C/C=C\C/C=C\C/C=C\C/C=C\C/C=C\C/C=C\C/C=C\CCCCCCCCCC(=O)OC(COC(=O)CCCCCCCCCCCCCCCCCCC/C=C\C/C=C\C/C=C\C/C=C\C/C=C\C/C=C\C/C=C\CC)COC(OCC[N+](C)(C)C)C(=O)[O-]. The third-order valence-electron chi connectivity index (χ3n) is 16.3. The van der Waals surface area contributed by atoms with Crippen molar-refractivity contribution in [3.05, 3.63) is 194 Å². The van der Waals surface area contributed by atoms with Gasteiger partial charge in [0.05, 0.1) is 40.3 Å². The smallest absolute Gasteiger partial charge is 0.306 e. The van der Waals surface area contributed by atoms with Crippen molar-refractivity contribution in [2.24, 2.45) is 0 Å². The van der Waals surface area contributed by atoms with Gasteiger partial charge in [0.15, 0.2) is 12.4 Å². The number of carbonyl (C=O) groups is 3. The Kier molecular flexibility index (Phi) is 73.2. The lowest BCUT2D eigenvalue weighted by Crippen LogP contribution is -2.44. The fourth-order valence-electron chi connectivity index (χ4n) is 10.4. The normalized spacial score (nSPS) is 13.7. The lowest BCUT2D eigenvalue weighted by Gasteiger charge is -2.26. The van der Waals surface area contributed by atoms with E-state index in [1.54, 1.807) is 0 Å². The van der Waals surface area contributed by atoms with Gasteiger partial charge in [0.1, 0.15) is 13.2 Å². The second kappa shape index (κ2) is 77.9. The predicted molar refractivity (Wildman–Crippen MR) is 425 cm³/mol. The molecular weight excluding hydrogens is 1220 g/mol. The highest BCUT2D eigenvalue weighted by Crippen LogP contribution is 2.17. The number of unbranched alkanes of at least 4 members (excludes halogenated alkanes) is 24. The number of nitrogens with zero attached hydrogens (tertiary/aromatic N) is 1. The Bertz CT molecular complexity index is 2340. The van der Waals surface area contributed by atoms with E-state index in [2.05, 4.69) is 208 Å². The quantitative estimate of drug-likeness (QED) is 0.0195. The van der Waals surface area contributed by atoms with Crippen LogP contribution >= 0.6 is 0 Å². The van der Waals surface area contributed by atoms with Crippen LogP contribution < -0.4 is 5.11 Å². The second-order valence-corrected chi connectivity index (χ2v) is 26.9. The summed E-state index contributed by atoms with van der Waals surface area (Å²) < 4.78 is 22.8. The summed E-state index contributed by atoms with van der Waals surface area (Å²) in [6.45, 7) is 4.50. The van der Waals surface area contributed by atoms with Crippen molar-refractivity contribution in [1.82, 2.24) is 0 Å². The molecule has 99 heavy (non-hydrogen) atoms. The molecule has 0 spiro atoms. The Morgan fingerprint density at radius 2 is 0.545 bits per heavy atom. The molecule has 0 aliphatic heterocycles. The van der Waals surface area contributed by atoms with Crippen LogP contribution in [0.3, 0.4) is 0 Å². The maximum atomic E-state index is 13.0. The second-order valence-electron chi connectivity index (χ2n) is 26.9. The first kappa shape index (κ1) is 93.1. The van der Waals surface area contributed by atoms with E-state index in [9.17, 15) is 19.5 Å². The molecule has 0 aromatic carbocycles. The molecule has 2 unspecified atom stereocenters. The van der Waals surface area contributed by atoms with Gasteiger partial charge in [-0.25, -0.2) is 0 Å².